The summed E-state index contributed by atoms with van der Waals surface area (Å²) in [4.78, 5) is 35.4. The van der Waals surface area contributed by atoms with Gasteiger partial charge in [-0.15, -0.1) is 0 Å². The minimum Gasteiger partial charge on any atom is -0.462 e. The highest BCUT2D eigenvalue weighted by atomic mass is 31.2. The minimum absolute atomic E-state index is 0.0218. The van der Waals surface area contributed by atoms with Crippen LogP contribution in [0, 0.1) is 0 Å². The number of carbonyl (C=O) groups is 2. The van der Waals surface area contributed by atoms with Gasteiger partial charge < -0.3 is 18.9 Å². The van der Waals surface area contributed by atoms with Crippen LogP contribution in [0.4, 0.5) is 0 Å². The fraction of sp³-hybridized carbons (Fsp3) is 0.760. The average molecular weight is 865 g/mol. The number of phosphoric ester groups is 1. The maximum absolute atomic E-state index is 12.7. The number of carbonyl (C=O) groups excluding carboxylic acids is 2. The molecule has 60 heavy (non-hydrogen) atoms. The van der Waals surface area contributed by atoms with Gasteiger partial charge in [0.2, 0.25) is 0 Å². The van der Waals surface area contributed by atoms with Crippen molar-refractivity contribution in [1.82, 2.24) is 0 Å². The Morgan fingerprint density at radius 1 is 0.533 bits per heavy atom. The number of likely N-dealkylation sites (N-methyl/N-ethyl adjacent to an activating group) is 1. The number of phosphoric acid groups is 1. The van der Waals surface area contributed by atoms with Crippen molar-refractivity contribution in [2.75, 3.05) is 47.5 Å². The van der Waals surface area contributed by atoms with Crippen molar-refractivity contribution in [1.29, 1.82) is 0 Å². The van der Waals surface area contributed by atoms with Gasteiger partial charge >= 0.3 is 19.8 Å². The molecule has 0 aromatic carbocycles. The number of nitrogens with zero attached hydrogens (tertiary/aromatic N) is 1. The van der Waals surface area contributed by atoms with Gasteiger partial charge in [0.1, 0.15) is 19.8 Å². The van der Waals surface area contributed by atoms with Gasteiger partial charge in [0.25, 0.3) is 0 Å². The second-order valence-electron chi connectivity index (χ2n) is 17.1. The van der Waals surface area contributed by atoms with E-state index in [4.69, 9.17) is 18.5 Å². The van der Waals surface area contributed by atoms with E-state index in [1.807, 2.05) is 21.1 Å². The largest absolute Gasteiger partial charge is 0.472 e. The van der Waals surface area contributed by atoms with E-state index in [0.29, 0.717) is 23.9 Å². The summed E-state index contributed by atoms with van der Waals surface area (Å²) in [6.07, 6.45) is 51.4. The SMILES string of the molecule is CC/C=C\C/C=C\C/C=C\C/C=C\C/C=C\CCCC(=O)OC[C@H](COP(=O)(O)OCC[N+](C)(C)C)OC(=O)CCCCCCCCCCCCCCCCCCCCC. The van der Waals surface area contributed by atoms with E-state index >= 15 is 0 Å². The van der Waals surface area contributed by atoms with Gasteiger partial charge in [0.05, 0.1) is 27.7 Å². The number of rotatable bonds is 43. The third-order valence-corrected chi connectivity index (χ3v) is 11.0. The van der Waals surface area contributed by atoms with Crippen LogP contribution >= 0.6 is 7.82 Å². The van der Waals surface area contributed by atoms with E-state index < -0.39 is 32.5 Å². The predicted molar refractivity (Wildman–Crippen MR) is 252 cm³/mol. The van der Waals surface area contributed by atoms with Gasteiger partial charge in [-0.3, -0.25) is 18.6 Å². The van der Waals surface area contributed by atoms with E-state index in [9.17, 15) is 19.0 Å². The zero-order chi connectivity index (χ0) is 44.3. The van der Waals surface area contributed by atoms with Crippen LogP contribution in [0.3, 0.4) is 0 Å². The summed E-state index contributed by atoms with van der Waals surface area (Å²) in [7, 11) is 1.44. The molecule has 0 saturated heterocycles. The molecule has 0 aromatic heterocycles. The summed E-state index contributed by atoms with van der Waals surface area (Å²) in [6.45, 7) is 4.26. The zero-order valence-corrected chi connectivity index (χ0v) is 40.1. The molecule has 1 unspecified atom stereocenters. The highest BCUT2D eigenvalue weighted by Crippen LogP contribution is 2.43. The number of unbranched alkanes of at least 4 members (excludes halogenated alkanes) is 19. The Labute approximate surface area is 368 Å². The standard InChI is InChI=1S/C50H90NO8P/c1-6-8-10-12-14-16-18-20-22-24-25-27-29-31-33-35-37-39-41-43-50(53)59-48(47-58-60(54,55)57-45-44-51(3,4)5)46-56-49(52)42-40-38-36-34-32-30-28-26-23-21-19-17-15-13-11-9-7-2/h9,11,15,17,21,23,28,30,34,36,48H,6-8,10,12-14,16,18-20,22,24-27,29,31-33,35,37-47H2,1-5H3/p+1/b11-9-,17-15-,23-21-,30-28-,36-34-/t48-/m1/s1. The molecule has 10 heteroatoms. The highest BCUT2D eigenvalue weighted by Gasteiger charge is 2.27. The normalized spacial score (nSPS) is 14.0. The third kappa shape index (κ3) is 45.2. The number of hydrogen-bond acceptors (Lipinski definition) is 7. The Balaban J connectivity index is 4.37. The van der Waals surface area contributed by atoms with Crippen LogP contribution < -0.4 is 0 Å². The first-order chi connectivity index (χ1) is 29.0. The molecule has 0 aromatic rings. The van der Waals surface area contributed by atoms with Crippen molar-refractivity contribution in [3.8, 4) is 0 Å². The lowest BCUT2D eigenvalue weighted by Crippen LogP contribution is -2.37. The molecule has 0 aliphatic heterocycles. The molecule has 0 rings (SSSR count). The van der Waals surface area contributed by atoms with Crippen LogP contribution in [0.15, 0.2) is 60.8 Å². The van der Waals surface area contributed by atoms with Crippen LogP contribution in [0.1, 0.15) is 194 Å². The Morgan fingerprint density at radius 2 is 0.950 bits per heavy atom. The number of quaternary nitrogens is 1. The van der Waals surface area contributed by atoms with Crippen LogP contribution in [0.5, 0.6) is 0 Å². The number of esters is 2. The average Bonchev–Trinajstić information content (AvgIpc) is 3.20. The Kier molecular flexibility index (Phi) is 40.4. The second kappa shape index (κ2) is 42.0. The van der Waals surface area contributed by atoms with Gasteiger partial charge in [-0.2, -0.15) is 0 Å². The number of ether oxygens (including phenoxy) is 2. The molecule has 0 heterocycles. The number of hydrogen-bond donors (Lipinski definition) is 1. The van der Waals surface area contributed by atoms with Crippen LogP contribution in [0.25, 0.3) is 0 Å². The Morgan fingerprint density at radius 3 is 1.40 bits per heavy atom. The van der Waals surface area contributed by atoms with Crippen molar-refractivity contribution < 1.29 is 42.1 Å². The molecule has 348 valence electrons. The first kappa shape index (κ1) is 57.7. The second-order valence-corrected chi connectivity index (χ2v) is 18.6. The molecule has 0 bridgehead atoms. The molecular weight excluding hydrogens is 774 g/mol. The van der Waals surface area contributed by atoms with Gasteiger partial charge in [-0.05, 0) is 51.4 Å². The smallest absolute Gasteiger partial charge is 0.462 e. The van der Waals surface area contributed by atoms with E-state index in [0.717, 1.165) is 51.4 Å². The maximum Gasteiger partial charge on any atom is 0.472 e. The zero-order valence-electron chi connectivity index (χ0n) is 39.2. The molecule has 0 radical (unpaired) electrons. The summed E-state index contributed by atoms with van der Waals surface area (Å²) >= 11 is 0. The van der Waals surface area contributed by atoms with Crippen molar-refractivity contribution in [2.45, 2.75) is 200 Å². The molecule has 2 atom stereocenters. The summed E-state index contributed by atoms with van der Waals surface area (Å²) in [5.41, 5.74) is 0. The topological polar surface area (TPSA) is 108 Å². The predicted octanol–water partition coefficient (Wildman–Crippen LogP) is 14.0. The quantitative estimate of drug-likeness (QED) is 0.0212. The molecule has 0 aliphatic rings. The first-order valence-corrected chi connectivity index (χ1v) is 25.5. The lowest BCUT2D eigenvalue weighted by molar-refractivity contribution is -0.870. The van der Waals surface area contributed by atoms with Crippen LogP contribution in [0.2, 0.25) is 0 Å². The van der Waals surface area contributed by atoms with Crippen molar-refractivity contribution in [3.05, 3.63) is 60.8 Å². The summed E-state index contributed by atoms with van der Waals surface area (Å²) < 4.78 is 34.3. The fourth-order valence-corrected chi connectivity index (χ4v) is 7.09. The lowest BCUT2D eigenvalue weighted by atomic mass is 10.0. The van der Waals surface area contributed by atoms with Crippen molar-refractivity contribution in [3.63, 3.8) is 0 Å². The Bertz CT molecular complexity index is 1210. The van der Waals surface area contributed by atoms with Gasteiger partial charge in [-0.1, -0.05) is 190 Å². The van der Waals surface area contributed by atoms with Gasteiger partial charge in [0.15, 0.2) is 6.10 Å². The molecule has 0 aliphatic carbocycles. The maximum atomic E-state index is 12.7. The molecule has 0 amide bonds. The molecule has 1 N–H and O–H groups in total. The third-order valence-electron chi connectivity index (χ3n) is 10.1. The first-order valence-electron chi connectivity index (χ1n) is 24.0. The lowest BCUT2D eigenvalue weighted by Gasteiger charge is -2.24. The Hall–Kier alpha value is -2.29. The van der Waals surface area contributed by atoms with Crippen LogP contribution in [-0.2, 0) is 32.7 Å². The summed E-state index contributed by atoms with van der Waals surface area (Å²) in [6, 6.07) is 0. The molecule has 0 saturated carbocycles. The summed E-state index contributed by atoms with van der Waals surface area (Å²) in [5.74, 6) is -0.864. The van der Waals surface area contributed by atoms with Crippen molar-refractivity contribution in [2.24, 2.45) is 0 Å². The number of allylic oxidation sites excluding steroid dienone is 10. The van der Waals surface area contributed by atoms with E-state index in [-0.39, 0.29) is 26.1 Å². The van der Waals surface area contributed by atoms with Crippen molar-refractivity contribution >= 4 is 19.8 Å². The van der Waals surface area contributed by atoms with E-state index in [1.165, 1.54) is 103 Å². The molecular formula is C50H91NO8P+. The van der Waals surface area contributed by atoms with E-state index in [2.05, 4.69) is 74.6 Å². The molecule has 9 nitrogen and oxygen atoms in total. The highest BCUT2D eigenvalue weighted by molar-refractivity contribution is 7.47. The fourth-order valence-electron chi connectivity index (χ4n) is 6.34. The van der Waals surface area contributed by atoms with Crippen LogP contribution in [-0.4, -0.2) is 74.9 Å². The van der Waals surface area contributed by atoms with E-state index in [1.54, 1.807) is 0 Å². The molecule has 0 fully saturated rings. The monoisotopic (exact) mass is 865 g/mol. The summed E-state index contributed by atoms with van der Waals surface area (Å²) in [5, 5.41) is 0. The molecule has 0 spiro atoms. The van der Waals surface area contributed by atoms with Gasteiger partial charge in [0, 0.05) is 12.8 Å². The van der Waals surface area contributed by atoms with Gasteiger partial charge in [-0.25, -0.2) is 4.57 Å². The minimum atomic E-state index is -4.39.